The molecule has 5 nitrogen and oxygen atoms in total. The van der Waals surface area contributed by atoms with Crippen molar-refractivity contribution < 1.29 is 9.47 Å². The van der Waals surface area contributed by atoms with Crippen LogP contribution in [-0.4, -0.2) is 46.8 Å². The Bertz CT molecular complexity index is 653. The first kappa shape index (κ1) is 16.6. The lowest BCUT2D eigenvalue weighted by atomic mass is 10.0. The quantitative estimate of drug-likeness (QED) is 0.810. The molecular formula is C20H25N3O2. The Morgan fingerprint density at radius 2 is 2.00 bits per heavy atom. The Labute approximate surface area is 149 Å². The molecule has 1 aliphatic heterocycles. The summed E-state index contributed by atoms with van der Waals surface area (Å²) in [5.74, 6) is 0.488. The van der Waals surface area contributed by atoms with E-state index in [1.807, 2.05) is 24.7 Å². The van der Waals surface area contributed by atoms with Crippen LogP contribution in [0.5, 0.6) is 0 Å². The van der Waals surface area contributed by atoms with E-state index >= 15 is 0 Å². The largest absolute Gasteiger partial charge is 0.376 e. The van der Waals surface area contributed by atoms with Crippen molar-refractivity contribution in [2.24, 2.45) is 5.92 Å². The molecule has 0 N–H and O–H groups in total. The fourth-order valence-electron chi connectivity index (χ4n) is 4.05. The van der Waals surface area contributed by atoms with E-state index in [0.29, 0.717) is 24.7 Å². The van der Waals surface area contributed by atoms with Crippen molar-refractivity contribution in [1.82, 2.24) is 14.9 Å². The Kier molecular flexibility index (Phi) is 5.35. The summed E-state index contributed by atoms with van der Waals surface area (Å²) in [6.07, 6.45) is 10.1. The lowest BCUT2D eigenvalue weighted by molar-refractivity contribution is -0.0891. The highest BCUT2D eigenvalue weighted by molar-refractivity contribution is 5.11. The molecule has 3 heterocycles. The maximum absolute atomic E-state index is 6.14. The summed E-state index contributed by atoms with van der Waals surface area (Å²) >= 11 is 0. The molecule has 5 heteroatoms. The Morgan fingerprint density at radius 1 is 1.08 bits per heavy atom. The van der Waals surface area contributed by atoms with Gasteiger partial charge in [0, 0.05) is 49.8 Å². The van der Waals surface area contributed by atoms with Crippen molar-refractivity contribution in [2.45, 2.75) is 38.1 Å². The molecule has 2 aromatic rings. The number of pyridine rings is 2. The van der Waals surface area contributed by atoms with E-state index in [9.17, 15) is 0 Å². The molecule has 1 aliphatic carbocycles. The van der Waals surface area contributed by atoms with E-state index < -0.39 is 0 Å². The molecule has 2 fully saturated rings. The van der Waals surface area contributed by atoms with E-state index in [2.05, 4.69) is 33.1 Å². The van der Waals surface area contributed by atoms with Crippen LogP contribution in [0.25, 0.3) is 0 Å². The number of nitrogens with zero attached hydrogens (tertiary/aromatic N) is 3. The monoisotopic (exact) mass is 339 g/mol. The number of ether oxygens (including phenoxy) is 2. The Balaban J connectivity index is 1.31. The zero-order chi connectivity index (χ0) is 16.9. The highest BCUT2D eigenvalue weighted by Gasteiger charge is 2.42. The molecule has 0 bridgehead atoms. The van der Waals surface area contributed by atoms with Gasteiger partial charge in [-0.3, -0.25) is 14.9 Å². The van der Waals surface area contributed by atoms with Gasteiger partial charge in [0.1, 0.15) is 0 Å². The number of morpholine rings is 1. The SMILES string of the molecule is c1cncc(COC[C@@H]2CC[C@@H]3[C@@H]2OCCN3Cc2ccncc2)c1. The zero-order valence-corrected chi connectivity index (χ0v) is 14.5. The van der Waals surface area contributed by atoms with Crippen molar-refractivity contribution in [1.29, 1.82) is 0 Å². The molecule has 0 spiro atoms. The van der Waals surface area contributed by atoms with Crippen molar-refractivity contribution >= 4 is 0 Å². The fraction of sp³-hybridized carbons (Fsp3) is 0.500. The smallest absolute Gasteiger partial charge is 0.0781 e. The van der Waals surface area contributed by atoms with E-state index in [1.54, 1.807) is 6.20 Å². The first-order chi connectivity index (χ1) is 12.4. The highest BCUT2D eigenvalue weighted by Crippen LogP contribution is 2.35. The summed E-state index contributed by atoms with van der Waals surface area (Å²) in [5.41, 5.74) is 2.45. The van der Waals surface area contributed by atoms with Gasteiger partial charge in [0.2, 0.25) is 0 Å². The molecule has 3 atom stereocenters. The molecule has 2 aliphatic rings. The predicted molar refractivity (Wildman–Crippen MR) is 94.8 cm³/mol. The highest BCUT2D eigenvalue weighted by atomic mass is 16.5. The maximum Gasteiger partial charge on any atom is 0.0781 e. The van der Waals surface area contributed by atoms with Gasteiger partial charge in [0.15, 0.2) is 0 Å². The minimum absolute atomic E-state index is 0.296. The second-order valence-electron chi connectivity index (χ2n) is 6.94. The number of aromatic nitrogens is 2. The van der Waals surface area contributed by atoms with Gasteiger partial charge in [0.25, 0.3) is 0 Å². The first-order valence-electron chi connectivity index (χ1n) is 9.11. The third-order valence-electron chi connectivity index (χ3n) is 5.29. The molecule has 0 aromatic carbocycles. The summed E-state index contributed by atoms with van der Waals surface area (Å²) < 4.78 is 12.1. The van der Waals surface area contributed by atoms with Crippen LogP contribution in [0.4, 0.5) is 0 Å². The van der Waals surface area contributed by atoms with Crippen molar-refractivity contribution in [3.8, 4) is 0 Å². The molecule has 0 amide bonds. The minimum atomic E-state index is 0.296. The van der Waals surface area contributed by atoms with Crippen LogP contribution in [0.15, 0.2) is 49.1 Å². The van der Waals surface area contributed by atoms with Crippen LogP contribution < -0.4 is 0 Å². The van der Waals surface area contributed by atoms with Gasteiger partial charge >= 0.3 is 0 Å². The number of hydrogen-bond donors (Lipinski definition) is 0. The number of fused-ring (bicyclic) bond motifs is 1. The van der Waals surface area contributed by atoms with Crippen LogP contribution in [0, 0.1) is 5.92 Å². The average molecular weight is 339 g/mol. The summed E-state index contributed by atoms with van der Waals surface area (Å²) in [6, 6.07) is 8.72. The second kappa shape index (κ2) is 8.04. The van der Waals surface area contributed by atoms with Crippen molar-refractivity contribution in [3.05, 3.63) is 60.2 Å². The van der Waals surface area contributed by atoms with Crippen molar-refractivity contribution in [3.63, 3.8) is 0 Å². The molecule has 4 rings (SSSR count). The van der Waals surface area contributed by atoms with Gasteiger partial charge in [-0.2, -0.15) is 0 Å². The summed E-state index contributed by atoms with van der Waals surface area (Å²) in [5, 5.41) is 0. The molecule has 0 unspecified atom stereocenters. The Hall–Kier alpha value is -1.82. The van der Waals surface area contributed by atoms with Crippen LogP contribution in [0.3, 0.4) is 0 Å². The van der Waals surface area contributed by atoms with Crippen LogP contribution in [0.2, 0.25) is 0 Å². The van der Waals surface area contributed by atoms with Gasteiger partial charge in [-0.05, 0) is 42.2 Å². The third kappa shape index (κ3) is 4.06. The third-order valence-corrected chi connectivity index (χ3v) is 5.29. The van der Waals surface area contributed by atoms with E-state index in [-0.39, 0.29) is 0 Å². The van der Waals surface area contributed by atoms with Crippen LogP contribution in [-0.2, 0) is 22.6 Å². The molecule has 0 radical (unpaired) electrons. The van der Waals surface area contributed by atoms with Crippen molar-refractivity contribution in [2.75, 3.05) is 19.8 Å². The Morgan fingerprint density at radius 3 is 2.84 bits per heavy atom. The fourth-order valence-corrected chi connectivity index (χ4v) is 4.05. The molecule has 2 aromatic heterocycles. The van der Waals surface area contributed by atoms with E-state index in [0.717, 1.165) is 31.9 Å². The topological polar surface area (TPSA) is 47.5 Å². The normalized spacial score (nSPS) is 26.5. The van der Waals surface area contributed by atoms with Gasteiger partial charge < -0.3 is 9.47 Å². The van der Waals surface area contributed by atoms with E-state index in [1.165, 1.54) is 18.4 Å². The van der Waals surface area contributed by atoms with Gasteiger partial charge in [-0.25, -0.2) is 0 Å². The summed E-state index contributed by atoms with van der Waals surface area (Å²) in [4.78, 5) is 10.8. The maximum atomic E-state index is 6.14. The molecule has 25 heavy (non-hydrogen) atoms. The average Bonchev–Trinajstić information content (AvgIpc) is 3.08. The summed E-state index contributed by atoms with van der Waals surface area (Å²) in [6.45, 7) is 4.19. The standard InChI is InChI=1S/C20H25N3O2/c1-2-17(12-22-7-1)14-24-15-18-3-4-19-20(18)25-11-10-23(19)13-16-5-8-21-9-6-16/h1-2,5-9,12,18-20H,3-4,10-11,13-15H2/t18-,19+,20+/m0/s1. The molecule has 1 saturated carbocycles. The summed E-state index contributed by atoms with van der Waals surface area (Å²) in [7, 11) is 0. The van der Waals surface area contributed by atoms with Gasteiger partial charge in [-0.1, -0.05) is 6.07 Å². The second-order valence-corrected chi connectivity index (χ2v) is 6.94. The van der Waals surface area contributed by atoms with Crippen LogP contribution >= 0.6 is 0 Å². The number of rotatable bonds is 6. The number of hydrogen-bond acceptors (Lipinski definition) is 5. The first-order valence-corrected chi connectivity index (χ1v) is 9.11. The lowest BCUT2D eigenvalue weighted by Gasteiger charge is -2.39. The van der Waals surface area contributed by atoms with Crippen LogP contribution in [0.1, 0.15) is 24.0 Å². The van der Waals surface area contributed by atoms with Gasteiger partial charge in [0.05, 0.1) is 25.9 Å². The predicted octanol–water partition coefficient (Wildman–Crippen LogP) is 2.67. The molecule has 132 valence electrons. The van der Waals surface area contributed by atoms with E-state index in [4.69, 9.17) is 9.47 Å². The van der Waals surface area contributed by atoms with Gasteiger partial charge in [-0.15, -0.1) is 0 Å². The minimum Gasteiger partial charge on any atom is -0.376 e. The molecular weight excluding hydrogens is 314 g/mol. The lowest BCUT2D eigenvalue weighted by Crippen LogP contribution is -2.50. The zero-order valence-electron chi connectivity index (χ0n) is 14.5. The molecule has 1 saturated heterocycles.